The standard InChI is InChI=1S/C4H10O2S.C3H9NO2S/c1-3-7(5,6)4-2;1-7(5,6)3-2-4/h3-4H2,1-2H3;2-4H2,1H3. The van der Waals surface area contributed by atoms with Gasteiger partial charge >= 0.3 is 0 Å². The molecule has 0 unspecified atom stereocenters. The molecule has 0 fully saturated rings. The zero-order chi connectivity index (χ0) is 11.8. The molecule has 0 bridgehead atoms. The van der Waals surface area contributed by atoms with E-state index in [0.29, 0.717) is 0 Å². The van der Waals surface area contributed by atoms with Gasteiger partial charge in [0.05, 0.1) is 5.75 Å². The molecule has 14 heavy (non-hydrogen) atoms. The summed E-state index contributed by atoms with van der Waals surface area (Å²) < 4.78 is 41.0. The highest BCUT2D eigenvalue weighted by molar-refractivity contribution is 7.91. The highest BCUT2D eigenvalue weighted by atomic mass is 32.2. The first kappa shape index (κ1) is 16.3. The molecule has 0 aromatic rings. The second-order valence-corrected chi connectivity index (χ2v) is 7.64. The maximum absolute atomic E-state index is 10.4. The van der Waals surface area contributed by atoms with Crippen molar-refractivity contribution in [3.8, 4) is 0 Å². The van der Waals surface area contributed by atoms with Crippen LogP contribution in [0, 0.1) is 0 Å². The number of sulfone groups is 2. The lowest BCUT2D eigenvalue weighted by Gasteiger charge is -1.89. The van der Waals surface area contributed by atoms with Crippen LogP contribution in [0.2, 0.25) is 0 Å². The van der Waals surface area contributed by atoms with Gasteiger partial charge in [-0.3, -0.25) is 0 Å². The largest absolute Gasteiger partial charge is 0.329 e. The van der Waals surface area contributed by atoms with Gasteiger partial charge in [0.25, 0.3) is 0 Å². The molecular formula is C7H19NO4S2. The van der Waals surface area contributed by atoms with E-state index in [1.54, 1.807) is 13.8 Å². The highest BCUT2D eigenvalue weighted by Crippen LogP contribution is 1.84. The van der Waals surface area contributed by atoms with E-state index in [0.717, 1.165) is 0 Å². The molecule has 0 aromatic carbocycles. The van der Waals surface area contributed by atoms with Crippen molar-refractivity contribution in [1.29, 1.82) is 0 Å². The number of rotatable bonds is 4. The fraction of sp³-hybridized carbons (Fsp3) is 1.00. The van der Waals surface area contributed by atoms with E-state index in [2.05, 4.69) is 0 Å². The van der Waals surface area contributed by atoms with Crippen molar-refractivity contribution < 1.29 is 16.8 Å². The molecule has 2 N–H and O–H groups in total. The van der Waals surface area contributed by atoms with Crippen LogP contribution in [-0.2, 0) is 19.7 Å². The molecule has 88 valence electrons. The van der Waals surface area contributed by atoms with Crippen molar-refractivity contribution in [2.75, 3.05) is 30.1 Å². The molecule has 0 heterocycles. The van der Waals surface area contributed by atoms with Gasteiger partial charge in [0.1, 0.15) is 19.7 Å². The van der Waals surface area contributed by atoms with E-state index in [9.17, 15) is 16.8 Å². The number of nitrogens with two attached hydrogens (primary N) is 1. The predicted octanol–water partition coefficient (Wildman–Crippen LogP) is -0.569. The summed E-state index contributed by atoms with van der Waals surface area (Å²) in [5.41, 5.74) is 4.94. The number of hydrogen-bond donors (Lipinski definition) is 1. The van der Waals surface area contributed by atoms with Gasteiger partial charge in [-0.05, 0) is 0 Å². The summed E-state index contributed by atoms with van der Waals surface area (Å²) >= 11 is 0. The molecule has 0 aliphatic rings. The summed E-state index contributed by atoms with van der Waals surface area (Å²) in [5, 5.41) is 0. The van der Waals surface area contributed by atoms with Crippen LogP contribution < -0.4 is 5.73 Å². The molecule has 0 radical (unpaired) electrons. The first-order valence-corrected chi connectivity index (χ1v) is 8.15. The Morgan fingerprint density at radius 2 is 1.36 bits per heavy atom. The van der Waals surface area contributed by atoms with Crippen molar-refractivity contribution in [2.24, 2.45) is 5.73 Å². The molecule has 5 nitrogen and oxygen atoms in total. The average Bonchev–Trinajstić information content (AvgIpc) is 2.04. The Labute approximate surface area is 86.5 Å². The Bertz CT molecular complexity index is 308. The number of hydrogen-bond acceptors (Lipinski definition) is 5. The molecule has 0 aliphatic heterocycles. The summed E-state index contributed by atoms with van der Waals surface area (Å²) in [4.78, 5) is 0. The fourth-order valence-electron chi connectivity index (χ4n) is 0.418. The molecule has 0 saturated heterocycles. The molecule has 0 rings (SSSR count). The van der Waals surface area contributed by atoms with E-state index in [-0.39, 0.29) is 23.8 Å². The Morgan fingerprint density at radius 3 is 1.36 bits per heavy atom. The quantitative estimate of drug-likeness (QED) is 0.716. The van der Waals surface area contributed by atoms with Gasteiger partial charge in [-0.25, -0.2) is 16.8 Å². The van der Waals surface area contributed by atoms with Gasteiger partial charge in [-0.1, -0.05) is 13.8 Å². The maximum atomic E-state index is 10.4. The average molecular weight is 245 g/mol. The fourth-order valence-corrected chi connectivity index (χ4v) is 1.25. The highest BCUT2D eigenvalue weighted by Gasteiger charge is 1.99. The summed E-state index contributed by atoms with van der Waals surface area (Å²) in [5.74, 6) is 0.625. The molecular weight excluding hydrogens is 226 g/mol. The summed E-state index contributed by atoms with van der Waals surface area (Å²) in [6.45, 7) is 3.52. The smallest absolute Gasteiger partial charge is 0.149 e. The lowest BCUT2D eigenvalue weighted by molar-refractivity contribution is 0.597. The van der Waals surface area contributed by atoms with Crippen LogP contribution >= 0.6 is 0 Å². The van der Waals surface area contributed by atoms with E-state index in [1.807, 2.05) is 0 Å². The molecule has 0 atom stereocenters. The van der Waals surface area contributed by atoms with Gasteiger partial charge in [-0.2, -0.15) is 0 Å². The minimum absolute atomic E-state index is 0.0903. The maximum Gasteiger partial charge on any atom is 0.149 e. The second-order valence-electron chi connectivity index (χ2n) is 2.74. The first-order chi connectivity index (χ1) is 6.18. The van der Waals surface area contributed by atoms with Crippen molar-refractivity contribution in [2.45, 2.75) is 13.8 Å². The minimum atomic E-state index is -2.80. The molecule has 0 amide bonds. The van der Waals surface area contributed by atoms with Crippen molar-refractivity contribution >= 4 is 19.7 Å². The molecule has 7 heteroatoms. The van der Waals surface area contributed by atoms with Crippen LogP contribution in [0.25, 0.3) is 0 Å². The molecule has 0 spiro atoms. The predicted molar refractivity (Wildman–Crippen MR) is 58.8 cm³/mol. The van der Waals surface area contributed by atoms with Gasteiger partial charge in [0, 0.05) is 24.3 Å². The van der Waals surface area contributed by atoms with Crippen LogP contribution in [0.5, 0.6) is 0 Å². The Hall–Kier alpha value is -0.140. The zero-order valence-corrected chi connectivity index (χ0v) is 10.5. The minimum Gasteiger partial charge on any atom is -0.329 e. The van der Waals surface area contributed by atoms with E-state index in [4.69, 9.17) is 5.73 Å². The van der Waals surface area contributed by atoms with Gasteiger partial charge < -0.3 is 5.73 Å². The molecule has 0 aliphatic carbocycles. The zero-order valence-electron chi connectivity index (χ0n) is 8.86. The SMILES string of the molecule is CCS(=O)(=O)CC.CS(=O)(=O)CCN. The third kappa shape index (κ3) is 14.4. The Balaban J connectivity index is 0. The summed E-state index contributed by atoms with van der Waals surface area (Å²) in [7, 11) is -5.46. The third-order valence-corrected chi connectivity index (χ3v) is 4.10. The summed E-state index contributed by atoms with van der Waals surface area (Å²) in [6.07, 6.45) is 1.17. The van der Waals surface area contributed by atoms with Crippen LogP contribution in [-0.4, -0.2) is 46.9 Å². The first-order valence-electron chi connectivity index (χ1n) is 4.26. The van der Waals surface area contributed by atoms with Gasteiger partial charge in [-0.15, -0.1) is 0 Å². The van der Waals surface area contributed by atoms with Crippen molar-refractivity contribution in [1.82, 2.24) is 0 Å². The lowest BCUT2D eigenvalue weighted by atomic mass is 10.8. The Morgan fingerprint density at radius 1 is 1.00 bits per heavy atom. The van der Waals surface area contributed by atoms with E-state index < -0.39 is 19.7 Å². The van der Waals surface area contributed by atoms with Crippen molar-refractivity contribution in [3.05, 3.63) is 0 Å². The van der Waals surface area contributed by atoms with Crippen molar-refractivity contribution in [3.63, 3.8) is 0 Å². The summed E-state index contributed by atoms with van der Waals surface area (Å²) in [6, 6.07) is 0. The molecule has 0 aromatic heterocycles. The normalized spacial score (nSPS) is 11.7. The van der Waals surface area contributed by atoms with E-state index >= 15 is 0 Å². The van der Waals surface area contributed by atoms with Gasteiger partial charge in [0.15, 0.2) is 0 Å². The second kappa shape index (κ2) is 7.19. The monoisotopic (exact) mass is 245 g/mol. The van der Waals surface area contributed by atoms with Crippen LogP contribution in [0.3, 0.4) is 0 Å². The Kier molecular flexibility index (Phi) is 8.37. The lowest BCUT2D eigenvalue weighted by Crippen LogP contribution is -2.13. The van der Waals surface area contributed by atoms with Gasteiger partial charge in [0.2, 0.25) is 0 Å². The van der Waals surface area contributed by atoms with Crippen LogP contribution in [0.15, 0.2) is 0 Å². The topological polar surface area (TPSA) is 94.3 Å². The van der Waals surface area contributed by atoms with Crippen LogP contribution in [0.4, 0.5) is 0 Å². The van der Waals surface area contributed by atoms with Crippen LogP contribution in [0.1, 0.15) is 13.8 Å². The third-order valence-electron chi connectivity index (χ3n) is 1.37. The molecule has 0 saturated carbocycles. The van der Waals surface area contributed by atoms with E-state index in [1.165, 1.54) is 6.26 Å².